The van der Waals surface area contributed by atoms with Crippen molar-refractivity contribution in [3.8, 4) is 11.5 Å². The Kier molecular flexibility index (Phi) is 6.29. The highest BCUT2D eigenvalue weighted by Crippen LogP contribution is 2.24. The second-order valence-electron chi connectivity index (χ2n) is 5.19. The molecule has 1 unspecified atom stereocenters. The second kappa shape index (κ2) is 8.43. The van der Waals surface area contributed by atoms with Crippen LogP contribution in [0.4, 0.5) is 4.79 Å². The predicted octanol–water partition coefficient (Wildman–Crippen LogP) is 3.20. The second-order valence-corrected chi connectivity index (χ2v) is 6.22. The Hall–Kier alpha value is -2.21. The predicted molar refractivity (Wildman–Crippen MR) is 92.4 cm³/mol. The van der Waals surface area contributed by atoms with Crippen LogP contribution >= 0.6 is 11.3 Å². The Morgan fingerprint density at radius 1 is 1.26 bits per heavy atom. The highest BCUT2D eigenvalue weighted by atomic mass is 32.1. The topological polar surface area (TPSA) is 59.6 Å². The smallest absolute Gasteiger partial charge is 0.315 e. The normalized spacial score (nSPS) is 11.6. The third-order valence-electron chi connectivity index (χ3n) is 3.40. The van der Waals surface area contributed by atoms with Crippen molar-refractivity contribution in [1.82, 2.24) is 10.6 Å². The molecule has 2 N–H and O–H groups in total. The lowest BCUT2D eigenvalue weighted by Gasteiger charge is -2.15. The summed E-state index contributed by atoms with van der Waals surface area (Å²) in [6, 6.07) is 9.50. The first-order chi connectivity index (χ1) is 11.1. The van der Waals surface area contributed by atoms with Gasteiger partial charge >= 0.3 is 6.03 Å². The Labute approximate surface area is 140 Å². The van der Waals surface area contributed by atoms with E-state index in [4.69, 9.17) is 9.47 Å². The number of carbonyl (C=O) groups excluding carboxylic acids is 1. The summed E-state index contributed by atoms with van der Waals surface area (Å²) in [6.07, 6.45) is 0.830. The third kappa shape index (κ3) is 5.17. The van der Waals surface area contributed by atoms with E-state index in [0.29, 0.717) is 12.3 Å². The third-order valence-corrected chi connectivity index (χ3v) is 4.30. The van der Waals surface area contributed by atoms with Gasteiger partial charge in [0.25, 0.3) is 0 Å². The zero-order valence-electron chi connectivity index (χ0n) is 13.6. The molecule has 1 aromatic heterocycles. The molecule has 0 bridgehead atoms. The Morgan fingerprint density at radius 2 is 2.09 bits per heavy atom. The molecule has 0 saturated heterocycles. The molecular formula is C17H22N2O3S. The molecule has 0 radical (unpaired) electrons. The van der Waals surface area contributed by atoms with Gasteiger partial charge in [0, 0.05) is 35.5 Å². The molecule has 2 aromatic rings. The lowest BCUT2D eigenvalue weighted by Crippen LogP contribution is -2.41. The fourth-order valence-corrected chi connectivity index (χ4v) is 3.07. The van der Waals surface area contributed by atoms with E-state index in [-0.39, 0.29) is 12.1 Å². The quantitative estimate of drug-likeness (QED) is 0.817. The van der Waals surface area contributed by atoms with Gasteiger partial charge < -0.3 is 20.1 Å². The minimum absolute atomic E-state index is 0.0754. The van der Waals surface area contributed by atoms with Crippen molar-refractivity contribution in [2.45, 2.75) is 25.9 Å². The summed E-state index contributed by atoms with van der Waals surface area (Å²) in [7, 11) is 3.20. The van der Waals surface area contributed by atoms with Crippen molar-refractivity contribution >= 4 is 17.4 Å². The van der Waals surface area contributed by atoms with E-state index >= 15 is 0 Å². The van der Waals surface area contributed by atoms with Gasteiger partial charge in [-0.1, -0.05) is 6.07 Å². The highest BCUT2D eigenvalue weighted by Gasteiger charge is 2.10. The number of urea groups is 1. The van der Waals surface area contributed by atoms with Crippen LogP contribution in [0.1, 0.15) is 17.4 Å². The van der Waals surface area contributed by atoms with Crippen molar-refractivity contribution in [1.29, 1.82) is 0 Å². The van der Waals surface area contributed by atoms with Gasteiger partial charge in [0.2, 0.25) is 0 Å². The van der Waals surface area contributed by atoms with Gasteiger partial charge in [0.05, 0.1) is 14.2 Å². The molecule has 124 valence electrons. The van der Waals surface area contributed by atoms with Gasteiger partial charge in [-0.25, -0.2) is 4.79 Å². The number of hydrogen-bond acceptors (Lipinski definition) is 4. The van der Waals surface area contributed by atoms with Crippen molar-refractivity contribution in [3.63, 3.8) is 0 Å². The zero-order chi connectivity index (χ0) is 16.7. The van der Waals surface area contributed by atoms with Crippen LogP contribution < -0.4 is 20.1 Å². The molecule has 0 saturated carbocycles. The summed E-state index contributed by atoms with van der Waals surface area (Å²) in [6.45, 7) is 2.39. The van der Waals surface area contributed by atoms with Crippen LogP contribution in [0.25, 0.3) is 0 Å². The molecule has 2 amide bonds. The molecule has 0 aliphatic heterocycles. The minimum Gasteiger partial charge on any atom is -0.497 e. The van der Waals surface area contributed by atoms with Crippen LogP contribution in [0.3, 0.4) is 0 Å². The van der Waals surface area contributed by atoms with E-state index in [1.165, 1.54) is 4.88 Å². The Morgan fingerprint density at radius 3 is 2.74 bits per heavy atom. The number of benzene rings is 1. The maximum Gasteiger partial charge on any atom is 0.315 e. The summed E-state index contributed by atoms with van der Waals surface area (Å²) >= 11 is 1.70. The molecule has 0 aliphatic rings. The first kappa shape index (κ1) is 17.1. The Balaban J connectivity index is 1.84. The summed E-state index contributed by atoms with van der Waals surface area (Å²) in [5.74, 6) is 1.41. The summed E-state index contributed by atoms with van der Waals surface area (Å²) in [4.78, 5) is 13.3. The van der Waals surface area contributed by atoms with Gasteiger partial charge in [0.15, 0.2) is 0 Å². The summed E-state index contributed by atoms with van der Waals surface area (Å²) < 4.78 is 10.5. The molecular weight excluding hydrogens is 312 g/mol. The van der Waals surface area contributed by atoms with E-state index in [9.17, 15) is 4.79 Å². The van der Waals surface area contributed by atoms with E-state index < -0.39 is 0 Å². The molecule has 1 atom stereocenters. The number of hydrogen-bond donors (Lipinski definition) is 2. The minimum atomic E-state index is -0.188. The van der Waals surface area contributed by atoms with Crippen molar-refractivity contribution in [3.05, 3.63) is 46.2 Å². The standard InChI is InChI=1S/C17H22N2O3S/c1-12(9-15-5-4-8-23-15)19-17(20)18-11-13-6-7-14(21-2)10-16(13)22-3/h4-8,10,12H,9,11H2,1-3H3,(H2,18,19,20). The summed E-state index contributed by atoms with van der Waals surface area (Å²) in [5.41, 5.74) is 0.898. The maximum atomic E-state index is 12.0. The van der Waals surface area contributed by atoms with Crippen LogP contribution in [0, 0.1) is 0 Å². The van der Waals surface area contributed by atoms with Gasteiger partial charge in [-0.3, -0.25) is 0 Å². The highest BCUT2D eigenvalue weighted by molar-refractivity contribution is 7.09. The molecule has 1 heterocycles. The number of methoxy groups -OCH3 is 2. The SMILES string of the molecule is COc1ccc(CNC(=O)NC(C)Cc2cccs2)c(OC)c1. The van der Waals surface area contributed by atoms with Crippen LogP contribution in [0.15, 0.2) is 35.7 Å². The largest absolute Gasteiger partial charge is 0.497 e. The molecule has 2 rings (SSSR count). The van der Waals surface area contributed by atoms with Crippen molar-refractivity contribution < 1.29 is 14.3 Å². The van der Waals surface area contributed by atoms with E-state index in [1.54, 1.807) is 31.6 Å². The van der Waals surface area contributed by atoms with Crippen molar-refractivity contribution in [2.24, 2.45) is 0 Å². The van der Waals surface area contributed by atoms with Crippen LogP contribution in [0.2, 0.25) is 0 Å². The molecule has 6 heteroatoms. The number of amides is 2. The number of thiophene rings is 1. The maximum absolute atomic E-state index is 12.0. The lowest BCUT2D eigenvalue weighted by atomic mass is 10.2. The van der Waals surface area contributed by atoms with Crippen LogP contribution in [0.5, 0.6) is 11.5 Å². The van der Waals surface area contributed by atoms with Gasteiger partial charge in [-0.05, 0) is 30.5 Å². The van der Waals surface area contributed by atoms with Crippen LogP contribution in [-0.4, -0.2) is 26.3 Å². The fraction of sp³-hybridized carbons (Fsp3) is 0.353. The van der Waals surface area contributed by atoms with Gasteiger partial charge in [-0.2, -0.15) is 0 Å². The Bertz CT molecular complexity index is 629. The van der Waals surface area contributed by atoms with E-state index in [0.717, 1.165) is 17.7 Å². The molecule has 1 aromatic carbocycles. The first-order valence-electron chi connectivity index (χ1n) is 7.40. The molecule has 0 spiro atoms. The molecule has 0 fully saturated rings. The van der Waals surface area contributed by atoms with E-state index in [1.807, 2.05) is 30.5 Å². The number of nitrogens with one attached hydrogen (secondary N) is 2. The monoisotopic (exact) mass is 334 g/mol. The van der Waals surface area contributed by atoms with Crippen LogP contribution in [-0.2, 0) is 13.0 Å². The van der Waals surface area contributed by atoms with Gasteiger partial charge in [-0.15, -0.1) is 11.3 Å². The average molecular weight is 334 g/mol. The van der Waals surface area contributed by atoms with E-state index in [2.05, 4.69) is 16.7 Å². The number of carbonyl (C=O) groups is 1. The number of ether oxygens (including phenoxy) is 2. The van der Waals surface area contributed by atoms with Gasteiger partial charge in [0.1, 0.15) is 11.5 Å². The first-order valence-corrected chi connectivity index (χ1v) is 8.28. The average Bonchev–Trinajstić information content (AvgIpc) is 3.05. The molecule has 0 aliphatic carbocycles. The zero-order valence-corrected chi connectivity index (χ0v) is 14.4. The summed E-state index contributed by atoms with van der Waals surface area (Å²) in [5, 5.41) is 7.83. The van der Waals surface area contributed by atoms with Crippen molar-refractivity contribution in [2.75, 3.05) is 14.2 Å². The number of rotatable bonds is 7. The molecule has 5 nitrogen and oxygen atoms in total. The molecule has 23 heavy (non-hydrogen) atoms. The lowest BCUT2D eigenvalue weighted by molar-refractivity contribution is 0.237. The fourth-order valence-electron chi connectivity index (χ4n) is 2.23.